The Labute approximate surface area is 139 Å². The van der Waals surface area contributed by atoms with E-state index in [0.717, 1.165) is 4.57 Å². The molecule has 24 heavy (non-hydrogen) atoms. The van der Waals surface area contributed by atoms with Gasteiger partial charge in [0, 0.05) is 12.2 Å². The van der Waals surface area contributed by atoms with Crippen molar-refractivity contribution in [3.63, 3.8) is 0 Å². The number of rotatable bonds is 4. The number of carbonyl (C=O) groups excluding carboxylic acids is 1. The van der Waals surface area contributed by atoms with E-state index in [1.54, 1.807) is 24.4 Å². The fourth-order valence-electron chi connectivity index (χ4n) is 2.48. The van der Waals surface area contributed by atoms with E-state index in [1.807, 2.05) is 0 Å². The first-order valence-electron chi connectivity index (χ1n) is 7.27. The zero-order chi connectivity index (χ0) is 17.3. The number of nitrogens with zero attached hydrogens (tertiary/aromatic N) is 2. The SMILES string of the molecule is CCn1c(=O)c2sccc2n(CC(=O)Nc2cccc(F)c2)c1=O. The number of thiophene rings is 1. The molecule has 1 aromatic carbocycles. The summed E-state index contributed by atoms with van der Waals surface area (Å²) >= 11 is 1.23. The van der Waals surface area contributed by atoms with Gasteiger partial charge in [-0.05, 0) is 36.6 Å². The molecule has 2 heterocycles. The van der Waals surface area contributed by atoms with Crippen LogP contribution in [0.15, 0.2) is 45.3 Å². The van der Waals surface area contributed by atoms with Gasteiger partial charge in [0.25, 0.3) is 5.56 Å². The van der Waals surface area contributed by atoms with Gasteiger partial charge in [-0.3, -0.25) is 18.7 Å². The van der Waals surface area contributed by atoms with Crippen LogP contribution in [0, 0.1) is 5.82 Å². The van der Waals surface area contributed by atoms with Crippen molar-refractivity contribution in [3.05, 3.63) is 62.4 Å². The molecule has 6 nitrogen and oxygen atoms in total. The minimum atomic E-state index is -0.539. The van der Waals surface area contributed by atoms with E-state index < -0.39 is 17.4 Å². The molecule has 0 aliphatic heterocycles. The van der Waals surface area contributed by atoms with Crippen LogP contribution in [0.3, 0.4) is 0 Å². The summed E-state index contributed by atoms with van der Waals surface area (Å²) in [5.74, 6) is -0.943. The van der Waals surface area contributed by atoms with Gasteiger partial charge in [-0.25, -0.2) is 9.18 Å². The van der Waals surface area contributed by atoms with Crippen LogP contribution in [-0.2, 0) is 17.9 Å². The van der Waals surface area contributed by atoms with E-state index in [1.165, 1.54) is 34.1 Å². The van der Waals surface area contributed by atoms with Gasteiger partial charge < -0.3 is 5.32 Å². The Morgan fingerprint density at radius 3 is 2.75 bits per heavy atom. The van der Waals surface area contributed by atoms with Crippen LogP contribution in [0.5, 0.6) is 0 Å². The molecule has 8 heteroatoms. The van der Waals surface area contributed by atoms with Crippen LogP contribution < -0.4 is 16.6 Å². The minimum Gasteiger partial charge on any atom is -0.324 e. The molecule has 0 saturated carbocycles. The molecule has 3 aromatic rings. The second kappa shape index (κ2) is 6.40. The maximum Gasteiger partial charge on any atom is 0.331 e. The van der Waals surface area contributed by atoms with Crippen molar-refractivity contribution in [2.24, 2.45) is 0 Å². The van der Waals surface area contributed by atoms with Gasteiger partial charge in [-0.1, -0.05) is 6.07 Å². The summed E-state index contributed by atoms with van der Waals surface area (Å²) in [7, 11) is 0. The molecule has 0 unspecified atom stereocenters. The summed E-state index contributed by atoms with van der Waals surface area (Å²) in [6.07, 6.45) is 0. The third-order valence-electron chi connectivity index (χ3n) is 3.56. The van der Waals surface area contributed by atoms with Crippen LogP contribution in [0.1, 0.15) is 6.92 Å². The summed E-state index contributed by atoms with van der Waals surface area (Å²) in [6, 6.07) is 7.13. The van der Waals surface area contributed by atoms with E-state index >= 15 is 0 Å². The molecular formula is C16H14FN3O3S. The second-order valence-corrected chi connectivity index (χ2v) is 6.03. The molecule has 0 aliphatic rings. The van der Waals surface area contributed by atoms with E-state index in [0.29, 0.717) is 15.9 Å². The Balaban J connectivity index is 1.98. The van der Waals surface area contributed by atoms with Crippen molar-refractivity contribution in [3.8, 4) is 0 Å². The van der Waals surface area contributed by atoms with Crippen molar-refractivity contribution >= 4 is 33.1 Å². The predicted molar refractivity (Wildman–Crippen MR) is 91.0 cm³/mol. The molecule has 124 valence electrons. The van der Waals surface area contributed by atoms with Gasteiger partial charge in [0.05, 0.1) is 5.52 Å². The van der Waals surface area contributed by atoms with Crippen molar-refractivity contribution in [2.45, 2.75) is 20.0 Å². The molecule has 0 radical (unpaired) electrons. The van der Waals surface area contributed by atoms with Crippen molar-refractivity contribution in [2.75, 3.05) is 5.32 Å². The normalized spacial score (nSPS) is 10.9. The van der Waals surface area contributed by atoms with E-state index in [2.05, 4.69) is 5.32 Å². The lowest BCUT2D eigenvalue weighted by atomic mass is 10.3. The van der Waals surface area contributed by atoms with Crippen LogP contribution in [0.25, 0.3) is 10.2 Å². The zero-order valence-electron chi connectivity index (χ0n) is 12.8. The number of amides is 1. The van der Waals surface area contributed by atoms with Gasteiger partial charge in [-0.2, -0.15) is 0 Å². The molecule has 3 rings (SSSR count). The number of benzene rings is 1. The zero-order valence-corrected chi connectivity index (χ0v) is 13.6. The van der Waals surface area contributed by atoms with Crippen molar-refractivity contribution < 1.29 is 9.18 Å². The smallest absolute Gasteiger partial charge is 0.324 e. The van der Waals surface area contributed by atoms with Gasteiger partial charge in [0.15, 0.2) is 0 Å². The molecule has 0 spiro atoms. The summed E-state index contributed by atoms with van der Waals surface area (Å²) in [4.78, 5) is 36.9. The number of aromatic nitrogens is 2. The van der Waals surface area contributed by atoms with Gasteiger partial charge in [0.2, 0.25) is 5.91 Å². The van der Waals surface area contributed by atoms with E-state index in [-0.39, 0.29) is 18.6 Å². The van der Waals surface area contributed by atoms with Gasteiger partial charge >= 0.3 is 5.69 Å². The Hall–Kier alpha value is -2.74. The largest absolute Gasteiger partial charge is 0.331 e. The standard InChI is InChI=1S/C16H14FN3O3S/c1-2-19-15(22)14-12(6-7-24-14)20(16(19)23)9-13(21)18-11-5-3-4-10(17)8-11/h3-8H,2,9H2,1H3,(H,18,21). The molecular weight excluding hydrogens is 333 g/mol. The van der Waals surface area contributed by atoms with Gasteiger partial charge in [-0.15, -0.1) is 11.3 Å². The van der Waals surface area contributed by atoms with Crippen molar-refractivity contribution in [1.29, 1.82) is 0 Å². The Morgan fingerprint density at radius 1 is 1.25 bits per heavy atom. The van der Waals surface area contributed by atoms with Gasteiger partial charge in [0.1, 0.15) is 17.1 Å². The van der Waals surface area contributed by atoms with E-state index in [4.69, 9.17) is 0 Å². The molecule has 0 aliphatic carbocycles. The summed E-state index contributed by atoms with van der Waals surface area (Å²) in [5.41, 5.74) is -0.162. The Morgan fingerprint density at radius 2 is 2.04 bits per heavy atom. The fourth-order valence-corrected chi connectivity index (χ4v) is 3.32. The third-order valence-corrected chi connectivity index (χ3v) is 4.45. The summed E-state index contributed by atoms with van der Waals surface area (Å²) in [5, 5.41) is 4.25. The number of anilines is 1. The highest BCUT2D eigenvalue weighted by molar-refractivity contribution is 7.17. The molecule has 1 amide bonds. The number of nitrogens with one attached hydrogen (secondary N) is 1. The highest BCUT2D eigenvalue weighted by Crippen LogP contribution is 2.15. The minimum absolute atomic E-state index is 0.219. The average Bonchev–Trinajstić information content (AvgIpc) is 3.02. The highest BCUT2D eigenvalue weighted by atomic mass is 32.1. The number of hydrogen-bond donors (Lipinski definition) is 1. The number of carbonyl (C=O) groups is 1. The van der Waals surface area contributed by atoms with E-state index in [9.17, 15) is 18.8 Å². The highest BCUT2D eigenvalue weighted by Gasteiger charge is 2.15. The molecule has 2 aromatic heterocycles. The topological polar surface area (TPSA) is 73.1 Å². The lowest BCUT2D eigenvalue weighted by Gasteiger charge is -2.11. The second-order valence-electron chi connectivity index (χ2n) is 5.11. The number of hydrogen-bond acceptors (Lipinski definition) is 4. The Kier molecular flexibility index (Phi) is 4.30. The lowest BCUT2D eigenvalue weighted by Crippen LogP contribution is -2.40. The van der Waals surface area contributed by atoms with Crippen LogP contribution in [-0.4, -0.2) is 15.0 Å². The molecule has 0 atom stereocenters. The van der Waals surface area contributed by atoms with Crippen LogP contribution >= 0.6 is 11.3 Å². The molecule has 0 bridgehead atoms. The predicted octanol–water partition coefficient (Wildman–Crippen LogP) is 2.02. The maximum atomic E-state index is 13.2. The fraction of sp³-hybridized carbons (Fsp3) is 0.188. The van der Waals surface area contributed by atoms with Crippen LogP contribution in [0.2, 0.25) is 0 Å². The first-order chi connectivity index (χ1) is 11.5. The lowest BCUT2D eigenvalue weighted by molar-refractivity contribution is -0.116. The number of fused-ring (bicyclic) bond motifs is 1. The summed E-state index contributed by atoms with van der Waals surface area (Å²) < 4.78 is 15.9. The quantitative estimate of drug-likeness (QED) is 0.785. The molecule has 0 fully saturated rings. The van der Waals surface area contributed by atoms with Crippen molar-refractivity contribution in [1.82, 2.24) is 9.13 Å². The first kappa shape index (κ1) is 16.1. The maximum absolute atomic E-state index is 13.2. The molecule has 0 saturated heterocycles. The average molecular weight is 347 g/mol. The monoisotopic (exact) mass is 347 g/mol. The Bertz CT molecular complexity index is 1030. The third kappa shape index (κ3) is 2.88. The molecule has 1 N–H and O–H groups in total. The number of halogens is 1. The van der Waals surface area contributed by atoms with Crippen LogP contribution in [0.4, 0.5) is 10.1 Å². The summed E-state index contributed by atoms with van der Waals surface area (Å²) in [6.45, 7) is 1.65. The first-order valence-corrected chi connectivity index (χ1v) is 8.15.